The molecule has 0 unspecified atom stereocenters. The zero-order chi connectivity index (χ0) is 26.1. The van der Waals surface area contributed by atoms with E-state index in [-0.39, 0.29) is 23.3 Å². The van der Waals surface area contributed by atoms with Crippen molar-refractivity contribution in [2.75, 3.05) is 20.1 Å². The number of likely N-dealkylation sites (tertiary alicyclic amines) is 1. The molecule has 2 amide bonds. The van der Waals surface area contributed by atoms with Gasteiger partial charge in [0.05, 0.1) is 5.56 Å². The number of fused-ring (bicyclic) bond motifs is 1. The van der Waals surface area contributed by atoms with Crippen LogP contribution >= 0.6 is 0 Å². The van der Waals surface area contributed by atoms with E-state index < -0.39 is 11.7 Å². The summed E-state index contributed by atoms with van der Waals surface area (Å²) in [6.45, 7) is 6.92. The van der Waals surface area contributed by atoms with Gasteiger partial charge >= 0.3 is 0 Å². The number of hydrogen-bond acceptors (Lipinski definition) is 3. The molecule has 1 aliphatic heterocycles. The normalized spacial score (nSPS) is 14.5. The number of halogens is 1. The second-order valence-electron chi connectivity index (χ2n) is 10.2. The fourth-order valence-corrected chi connectivity index (χ4v) is 4.95. The van der Waals surface area contributed by atoms with Crippen LogP contribution < -0.4 is 0 Å². The summed E-state index contributed by atoms with van der Waals surface area (Å²) in [5.74, 6) is -0.969. The van der Waals surface area contributed by atoms with Crippen molar-refractivity contribution in [3.63, 3.8) is 0 Å². The van der Waals surface area contributed by atoms with Crippen LogP contribution in [0, 0.1) is 18.7 Å². The Hall–Kier alpha value is -3.48. The number of nitrogens with zero attached hydrogens (tertiary/aromatic N) is 3. The Morgan fingerprint density at radius 3 is 2.31 bits per heavy atom. The summed E-state index contributed by atoms with van der Waals surface area (Å²) in [5, 5.41) is 0.694. The second-order valence-corrected chi connectivity index (χ2v) is 10.2. The highest BCUT2D eigenvalue weighted by atomic mass is 19.1. The standard InChI is InChI=1S/C29H34FN3O3/c1-18(2)31(4)29(36)27(34)22-8-11-25-24(17-22)26(19(3)32(25)5)28(35)33-14-12-21(13-15-33)16-20-6-9-23(30)10-7-20/h6-11,17-18,21H,12-16H2,1-5H3. The van der Waals surface area contributed by atoms with E-state index in [0.29, 0.717) is 30.0 Å². The largest absolute Gasteiger partial charge is 0.347 e. The van der Waals surface area contributed by atoms with Gasteiger partial charge in [-0.3, -0.25) is 14.4 Å². The highest BCUT2D eigenvalue weighted by Crippen LogP contribution is 2.30. The summed E-state index contributed by atoms with van der Waals surface area (Å²) >= 11 is 0. The van der Waals surface area contributed by atoms with Crippen LogP contribution in [0.2, 0.25) is 0 Å². The van der Waals surface area contributed by atoms with Gasteiger partial charge < -0.3 is 14.4 Å². The number of carbonyl (C=O) groups excluding carboxylic acids is 3. The number of hydrogen-bond donors (Lipinski definition) is 0. The lowest BCUT2D eigenvalue weighted by Gasteiger charge is -2.32. The molecule has 190 valence electrons. The van der Waals surface area contributed by atoms with E-state index in [1.807, 2.05) is 55.5 Å². The molecule has 2 heterocycles. The van der Waals surface area contributed by atoms with Gasteiger partial charge in [-0.05, 0) is 81.8 Å². The van der Waals surface area contributed by atoms with Gasteiger partial charge in [-0.2, -0.15) is 0 Å². The quantitative estimate of drug-likeness (QED) is 0.369. The smallest absolute Gasteiger partial charge is 0.294 e. The van der Waals surface area contributed by atoms with Crippen molar-refractivity contribution in [1.82, 2.24) is 14.4 Å². The maximum atomic E-state index is 13.7. The van der Waals surface area contributed by atoms with Crippen molar-refractivity contribution >= 4 is 28.5 Å². The highest BCUT2D eigenvalue weighted by Gasteiger charge is 2.29. The van der Waals surface area contributed by atoms with Crippen LogP contribution in [0.5, 0.6) is 0 Å². The Morgan fingerprint density at radius 2 is 1.69 bits per heavy atom. The molecule has 4 rings (SSSR count). The van der Waals surface area contributed by atoms with Gasteiger partial charge in [-0.15, -0.1) is 0 Å². The van der Waals surface area contributed by atoms with Gasteiger partial charge in [0.15, 0.2) is 0 Å². The van der Waals surface area contributed by atoms with Gasteiger partial charge in [-0.25, -0.2) is 4.39 Å². The number of carbonyl (C=O) groups is 3. The second kappa shape index (κ2) is 10.2. The van der Waals surface area contributed by atoms with Crippen LogP contribution in [0.4, 0.5) is 4.39 Å². The van der Waals surface area contributed by atoms with E-state index in [0.717, 1.165) is 36.0 Å². The Balaban J connectivity index is 1.54. The topological polar surface area (TPSA) is 62.6 Å². The average molecular weight is 492 g/mol. The number of Topliss-reactive ketones (excluding diaryl/α,β-unsaturated/α-hetero) is 1. The number of amides is 2. The van der Waals surface area contributed by atoms with Crippen LogP contribution in [-0.4, -0.2) is 58.1 Å². The summed E-state index contributed by atoms with van der Waals surface area (Å²) in [5.41, 5.74) is 3.67. The van der Waals surface area contributed by atoms with E-state index >= 15 is 0 Å². The Morgan fingerprint density at radius 1 is 1.06 bits per heavy atom. The Kier molecular flexibility index (Phi) is 7.29. The minimum Gasteiger partial charge on any atom is -0.347 e. The number of benzene rings is 2. The molecule has 0 radical (unpaired) electrons. The van der Waals surface area contributed by atoms with Crippen molar-refractivity contribution in [1.29, 1.82) is 0 Å². The Labute approximate surface area is 211 Å². The molecule has 6 nitrogen and oxygen atoms in total. The molecule has 1 fully saturated rings. The van der Waals surface area contributed by atoms with Crippen molar-refractivity contribution < 1.29 is 18.8 Å². The zero-order valence-electron chi connectivity index (χ0n) is 21.7. The lowest BCUT2D eigenvalue weighted by Crippen LogP contribution is -2.39. The first-order valence-electron chi connectivity index (χ1n) is 12.5. The molecular formula is C29H34FN3O3. The van der Waals surface area contributed by atoms with Crippen molar-refractivity contribution in [3.05, 3.63) is 70.7 Å². The SMILES string of the molecule is Cc1c(C(=O)N2CCC(Cc3ccc(F)cc3)CC2)c2cc(C(=O)C(=O)N(C)C(C)C)ccc2n1C. The monoisotopic (exact) mass is 491 g/mol. The van der Waals surface area contributed by atoms with E-state index in [2.05, 4.69) is 0 Å². The third kappa shape index (κ3) is 4.92. The fourth-order valence-electron chi connectivity index (χ4n) is 4.95. The number of aromatic nitrogens is 1. The highest BCUT2D eigenvalue weighted by molar-refractivity contribution is 6.43. The van der Waals surface area contributed by atoms with E-state index in [1.54, 1.807) is 19.2 Å². The van der Waals surface area contributed by atoms with Gasteiger partial charge in [0.1, 0.15) is 5.82 Å². The maximum absolute atomic E-state index is 13.7. The number of ketones is 1. The molecule has 3 aromatic rings. The Bertz CT molecular complexity index is 1300. The molecule has 0 N–H and O–H groups in total. The molecule has 0 spiro atoms. The average Bonchev–Trinajstić information content (AvgIpc) is 3.13. The minimum absolute atomic E-state index is 0.0476. The van der Waals surface area contributed by atoms with Gasteiger partial charge in [0.25, 0.3) is 11.8 Å². The number of aryl methyl sites for hydroxylation is 1. The lowest BCUT2D eigenvalue weighted by atomic mass is 9.90. The molecule has 7 heteroatoms. The van der Waals surface area contributed by atoms with E-state index in [9.17, 15) is 18.8 Å². The fraction of sp³-hybridized carbons (Fsp3) is 0.414. The third-order valence-corrected chi connectivity index (χ3v) is 7.60. The van der Waals surface area contributed by atoms with Crippen molar-refractivity contribution in [2.45, 2.75) is 46.1 Å². The molecule has 0 saturated carbocycles. The van der Waals surface area contributed by atoms with Gasteiger partial charge in [0.2, 0.25) is 5.78 Å². The van der Waals surface area contributed by atoms with E-state index in [1.165, 1.54) is 17.0 Å². The van der Waals surface area contributed by atoms with Crippen LogP contribution in [0.1, 0.15) is 58.7 Å². The summed E-state index contributed by atoms with van der Waals surface area (Å²) in [7, 11) is 3.52. The predicted octanol–water partition coefficient (Wildman–Crippen LogP) is 4.77. The molecule has 2 aromatic carbocycles. The molecule has 0 bridgehead atoms. The first-order chi connectivity index (χ1) is 17.1. The first kappa shape index (κ1) is 25.6. The molecular weight excluding hydrogens is 457 g/mol. The van der Waals surface area contributed by atoms with Crippen molar-refractivity contribution in [2.24, 2.45) is 13.0 Å². The zero-order valence-corrected chi connectivity index (χ0v) is 21.7. The van der Waals surface area contributed by atoms with Crippen LogP contribution in [0.15, 0.2) is 42.5 Å². The molecule has 1 aromatic heterocycles. The molecule has 0 aliphatic carbocycles. The summed E-state index contributed by atoms with van der Waals surface area (Å²) in [4.78, 5) is 42.5. The molecule has 1 aliphatic rings. The molecule has 1 saturated heterocycles. The maximum Gasteiger partial charge on any atom is 0.294 e. The summed E-state index contributed by atoms with van der Waals surface area (Å²) in [6.07, 6.45) is 2.64. The van der Waals surface area contributed by atoms with Crippen LogP contribution in [0.3, 0.4) is 0 Å². The van der Waals surface area contributed by atoms with Gasteiger partial charge in [-0.1, -0.05) is 12.1 Å². The first-order valence-corrected chi connectivity index (χ1v) is 12.5. The van der Waals surface area contributed by atoms with Crippen LogP contribution in [0.25, 0.3) is 10.9 Å². The predicted molar refractivity (Wildman–Crippen MR) is 139 cm³/mol. The third-order valence-electron chi connectivity index (χ3n) is 7.60. The minimum atomic E-state index is -0.574. The number of piperidine rings is 1. The van der Waals surface area contributed by atoms with Crippen LogP contribution in [-0.2, 0) is 18.3 Å². The molecule has 36 heavy (non-hydrogen) atoms. The van der Waals surface area contributed by atoms with Crippen molar-refractivity contribution in [3.8, 4) is 0 Å². The lowest BCUT2D eigenvalue weighted by molar-refractivity contribution is -0.126. The number of rotatable bonds is 6. The van der Waals surface area contributed by atoms with Gasteiger partial charge in [0, 0.05) is 55.4 Å². The number of likely N-dealkylation sites (N-methyl/N-ethyl adjacent to an activating group) is 1. The molecule has 0 atom stereocenters. The van der Waals surface area contributed by atoms with E-state index in [4.69, 9.17) is 0 Å². The summed E-state index contributed by atoms with van der Waals surface area (Å²) in [6, 6.07) is 11.7. The summed E-state index contributed by atoms with van der Waals surface area (Å²) < 4.78 is 15.2.